The van der Waals surface area contributed by atoms with Crippen molar-refractivity contribution in [2.75, 3.05) is 0 Å². The van der Waals surface area contributed by atoms with Gasteiger partial charge in [-0.2, -0.15) is 0 Å². The Bertz CT molecular complexity index is 491. The third-order valence-electron chi connectivity index (χ3n) is 2.15. The third kappa shape index (κ3) is 3.72. The minimum atomic E-state index is -0.348. The van der Waals surface area contributed by atoms with E-state index in [1.165, 1.54) is 36.0 Å². The molecule has 2 aromatic carbocycles. The van der Waals surface area contributed by atoms with Crippen LogP contribution in [0.25, 0.3) is 0 Å². The molecule has 0 saturated carbocycles. The lowest BCUT2D eigenvalue weighted by molar-refractivity contribution is 0.624. The largest absolute Gasteiger partial charge is 0.207 e. The molecule has 2 rings (SSSR count). The van der Waals surface area contributed by atoms with Crippen LogP contribution in [0.1, 0.15) is 5.56 Å². The first-order chi connectivity index (χ1) is 8.13. The van der Waals surface area contributed by atoms with Crippen molar-refractivity contribution >= 4 is 23.4 Å². The Hall–Kier alpha value is -1.06. The van der Waals surface area contributed by atoms with Crippen LogP contribution in [-0.4, -0.2) is 0 Å². The molecule has 0 atom stereocenters. The summed E-state index contributed by atoms with van der Waals surface area (Å²) >= 11 is 7.21. The lowest BCUT2D eigenvalue weighted by Gasteiger charge is -2.03. The molecule has 0 spiro atoms. The zero-order valence-electron chi connectivity index (χ0n) is 8.79. The van der Waals surface area contributed by atoms with Gasteiger partial charge in [0.05, 0.1) is 0 Å². The van der Waals surface area contributed by atoms with E-state index >= 15 is 0 Å². The molecular formula is C13H9ClF2S. The fourth-order valence-electron chi connectivity index (χ4n) is 1.36. The molecule has 0 radical (unpaired) electrons. The molecule has 0 unspecified atom stereocenters. The van der Waals surface area contributed by atoms with Crippen molar-refractivity contribution in [1.82, 2.24) is 0 Å². The molecule has 0 aliphatic heterocycles. The summed E-state index contributed by atoms with van der Waals surface area (Å²) in [6.07, 6.45) is 0. The highest BCUT2D eigenvalue weighted by Gasteiger charge is 2.01. The van der Waals surface area contributed by atoms with E-state index in [4.69, 9.17) is 11.6 Å². The molecule has 0 aromatic heterocycles. The molecule has 88 valence electrons. The fourth-order valence-corrected chi connectivity index (χ4v) is 2.58. The van der Waals surface area contributed by atoms with E-state index in [0.29, 0.717) is 10.8 Å². The first kappa shape index (κ1) is 12.4. The molecule has 0 saturated heterocycles. The minimum Gasteiger partial charge on any atom is -0.207 e. The molecule has 4 heteroatoms. The SMILES string of the molecule is Fc1ccc(CSc2cc(F)cc(Cl)c2)cc1. The second-order valence-corrected chi connectivity index (χ2v) is 5.01. The molecule has 17 heavy (non-hydrogen) atoms. The van der Waals surface area contributed by atoms with E-state index in [1.54, 1.807) is 18.2 Å². The molecule has 0 N–H and O–H groups in total. The number of benzene rings is 2. The summed E-state index contributed by atoms with van der Waals surface area (Å²) in [6, 6.07) is 10.7. The van der Waals surface area contributed by atoms with Crippen LogP contribution in [0.15, 0.2) is 47.4 Å². The van der Waals surface area contributed by atoms with Gasteiger partial charge in [-0.1, -0.05) is 23.7 Å². The maximum absolute atomic E-state index is 13.1. The fraction of sp³-hybridized carbons (Fsp3) is 0.0769. The highest BCUT2D eigenvalue weighted by Crippen LogP contribution is 2.26. The van der Waals surface area contributed by atoms with Gasteiger partial charge in [0.1, 0.15) is 11.6 Å². The van der Waals surface area contributed by atoms with Crippen molar-refractivity contribution in [2.24, 2.45) is 0 Å². The summed E-state index contributed by atoms with van der Waals surface area (Å²) in [7, 11) is 0. The molecule has 0 aliphatic carbocycles. The van der Waals surface area contributed by atoms with Gasteiger partial charge in [-0.3, -0.25) is 0 Å². The van der Waals surface area contributed by atoms with E-state index in [-0.39, 0.29) is 11.6 Å². The van der Waals surface area contributed by atoms with Gasteiger partial charge in [-0.05, 0) is 35.9 Å². The molecule has 0 fully saturated rings. The maximum atomic E-state index is 13.1. The first-order valence-electron chi connectivity index (χ1n) is 4.97. The van der Waals surface area contributed by atoms with Crippen LogP contribution in [0.5, 0.6) is 0 Å². The molecule has 2 aromatic rings. The summed E-state index contributed by atoms with van der Waals surface area (Å²) in [5, 5.41) is 0.381. The Morgan fingerprint density at radius 2 is 1.65 bits per heavy atom. The number of hydrogen-bond donors (Lipinski definition) is 0. The topological polar surface area (TPSA) is 0 Å². The second-order valence-electron chi connectivity index (χ2n) is 3.52. The highest BCUT2D eigenvalue weighted by atomic mass is 35.5. The van der Waals surface area contributed by atoms with Gasteiger partial charge >= 0.3 is 0 Å². The Balaban J connectivity index is 2.04. The molecule has 0 aliphatic rings. The van der Waals surface area contributed by atoms with Gasteiger partial charge in [0, 0.05) is 15.7 Å². The summed E-state index contributed by atoms with van der Waals surface area (Å²) < 4.78 is 25.7. The number of rotatable bonds is 3. The minimum absolute atomic E-state index is 0.257. The molecule has 0 bridgehead atoms. The Morgan fingerprint density at radius 3 is 2.29 bits per heavy atom. The summed E-state index contributed by atoms with van der Waals surface area (Å²) in [5.74, 6) is 0.0479. The van der Waals surface area contributed by atoms with Crippen LogP contribution in [-0.2, 0) is 5.75 Å². The zero-order chi connectivity index (χ0) is 12.3. The standard InChI is InChI=1S/C13H9ClF2S/c14-10-5-12(16)7-13(6-10)17-8-9-1-3-11(15)4-2-9/h1-7H,8H2. The van der Waals surface area contributed by atoms with Crippen LogP contribution >= 0.6 is 23.4 Å². The first-order valence-corrected chi connectivity index (χ1v) is 6.33. The molecule has 0 heterocycles. The third-order valence-corrected chi connectivity index (χ3v) is 3.42. The van der Waals surface area contributed by atoms with E-state index in [9.17, 15) is 8.78 Å². The monoisotopic (exact) mass is 270 g/mol. The summed E-state index contributed by atoms with van der Waals surface area (Å²) in [6.45, 7) is 0. The normalized spacial score (nSPS) is 10.5. The van der Waals surface area contributed by atoms with Gasteiger partial charge in [0.15, 0.2) is 0 Å². The predicted molar refractivity (Wildman–Crippen MR) is 67.4 cm³/mol. The van der Waals surface area contributed by atoms with Gasteiger partial charge in [-0.15, -0.1) is 11.8 Å². The highest BCUT2D eigenvalue weighted by molar-refractivity contribution is 7.98. The van der Waals surface area contributed by atoms with Crippen molar-refractivity contribution < 1.29 is 8.78 Å². The van der Waals surface area contributed by atoms with E-state index < -0.39 is 0 Å². The lowest BCUT2D eigenvalue weighted by atomic mass is 10.2. The number of hydrogen-bond acceptors (Lipinski definition) is 1. The van der Waals surface area contributed by atoms with E-state index in [1.807, 2.05) is 0 Å². The number of thioether (sulfide) groups is 1. The van der Waals surface area contributed by atoms with Crippen LogP contribution in [0.4, 0.5) is 8.78 Å². The maximum Gasteiger partial charge on any atom is 0.125 e. The van der Waals surface area contributed by atoms with Gasteiger partial charge in [-0.25, -0.2) is 8.78 Å². The molecular weight excluding hydrogens is 262 g/mol. The number of halogens is 3. The zero-order valence-corrected chi connectivity index (χ0v) is 10.4. The Morgan fingerprint density at radius 1 is 0.941 bits per heavy atom. The smallest absolute Gasteiger partial charge is 0.125 e. The quantitative estimate of drug-likeness (QED) is 0.714. The molecule has 0 amide bonds. The van der Waals surface area contributed by atoms with Gasteiger partial charge < -0.3 is 0 Å². The Kier molecular flexibility index (Phi) is 4.02. The van der Waals surface area contributed by atoms with Crippen molar-refractivity contribution in [1.29, 1.82) is 0 Å². The lowest BCUT2D eigenvalue weighted by Crippen LogP contribution is -1.83. The summed E-state index contributed by atoms with van der Waals surface area (Å²) in [5.41, 5.74) is 0.983. The molecule has 0 nitrogen and oxygen atoms in total. The van der Waals surface area contributed by atoms with Crippen LogP contribution in [0, 0.1) is 11.6 Å². The van der Waals surface area contributed by atoms with Gasteiger partial charge in [0.2, 0.25) is 0 Å². The van der Waals surface area contributed by atoms with Crippen molar-refractivity contribution in [3.05, 3.63) is 64.7 Å². The second kappa shape index (κ2) is 5.52. The van der Waals surface area contributed by atoms with E-state index in [0.717, 1.165) is 10.5 Å². The summed E-state index contributed by atoms with van der Waals surface area (Å²) in [4.78, 5) is 0.763. The predicted octanol–water partition coefficient (Wildman–Crippen LogP) is 4.91. The van der Waals surface area contributed by atoms with Crippen molar-refractivity contribution in [2.45, 2.75) is 10.6 Å². The van der Waals surface area contributed by atoms with Crippen molar-refractivity contribution in [3.8, 4) is 0 Å². The average molecular weight is 271 g/mol. The van der Waals surface area contributed by atoms with E-state index in [2.05, 4.69) is 0 Å². The Labute approximate surface area is 108 Å². The van der Waals surface area contributed by atoms with Crippen LogP contribution in [0.2, 0.25) is 5.02 Å². The van der Waals surface area contributed by atoms with Crippen molar-refractivity contribution in [3.63, 3.8) is 0 Å². The van der Waals surface area contributed by atoms with Gasteiger partial charge in [0.25, 0.3) is 0 Å². The average Bonchev–Trinajstić information content (AvgIpc) is 2.27. The van der Waals surface area contributed by atoms with Crippen LogP contribution in [0.3, 0.4) is 0 Å². The van der Waals surface area contributed by atoms with Crippen LogP contribution < -0.4 is 0 Å².